The molecule has 1 aromatic carbocycles. The second-order valence-electron chi connectivity index (χ2n) is 4.19. The predicted octanol–water partition coefficient (Wildman–Crippen LogP) is 0.0744. The Kier molecular flexibility index (Phi) is 5.49. The number of sulfonamides is 1. The zero-order chi connectivity index (χ0) is 15.2. The average molecular weight is 296 g/mol. The van der Waals surface area contributed by atoms with Crippen molar-refractivity contribution in [3.8, 4) is 6.07 Å². The molecule has 0 aliphatic rings. The molecular formula is C12H16N4O3S. The summed E-state index contributed by atoms with van der Waals surface area (Å²) in [4.78, 5) is 10.4. The van der Waals surface area contributed by atoms with Gasteiger partial charge in [-0.1, -0.05) is 0 Å². The standard InChI is InChI=1S/C12H16N4O3S/c13-8-9-7-10(14)4-5-11(9)20(18,19)16-6-2-1-3-12(15)17/h4-5,7,16H,1-3,6,14H2,(H2,15,17). The van der Waals surface area contributed by atoms with Gasteiger partial charge in [0.25, 0.3) is 0 Å². The number of carbonyl (C=O) groups is 1. The van der Waals surface area contributed by atoms with Crippen LogP contribution in [-0.2, 0) is 14.8 Å². The number of primary amides is 1. The van der Waals surface area contributed by atoms with E-state index >= 15 is 0 Å². The van der Waals surface area contributed by atoms with Gasteiger partial charge in [-0.25, -0.2) is 13.1 Å². The highest BCUT2D eigenvalue weighted by molar-refractivity contribution is 7.89. The molecule has 5 N–H and O–H groups in total. The maximum absolute atomic E-state index is 12.0. The lowest BCUT2D eigenvalue weighted by atomic mass is 10.2. The minimum absolute atomic E-state index is 0.00497. The number of nitrogen functional groups attached to an aromatic ring is 1. The van der Waals surface area contributed by atoms with Crippen LogP contribution in [0.4, 0.5) is 5.69 Å². The summed E-state index contributed by atoms with van der Waals surface area (Å²) in [5.41, 5.74) is 10.8. The van der Waals surface area contributed by atoms with Gasteiger partial charge in [0.05, 0.1) is 10.5 Å². The Morgan fingerprint density at radius 2 is 2.05 bits per heavy atom. The summed E-state index contributed by atoms with van der Waals surface area (Å²) in [7, 11) is -3.76. The van der Waals surface area contributed by atoms with E-state index in [2.05, 4.69) is 4.72 Å². The lowest BCUT2D eigenvalue weighted by Gasteiger charge is -2.08. The molecular weight excluding hydrogens is 280 g/mol. The normalized spacial score (nSPS) is 10.9. The molecule has 108 valence electrons. The first kappa shape index (κ1) is 15.9. The van der Waals surface area contributed by atoms with E-state index in [0.29, 0.717) is 18.5 Å². The highest BCUT2D eigenvalue weighted by Crippen LogP contribution is 2.17. The minimum atomic E-state index is -3.76. The predicted molar refractivity (Wildman–Crippen MR) is 73.8 cm³/mol. The van der Waals surface area contributed by atoms with Crippen molar-refractivity contribution >= 4 is 21.6 Å². The summed E-state index contributed by atoms with van der Waals surface area (Å²) in [5.74, 6) is -0.418. The van der Waals surface area contributed by atoms with Crippen LogP contribution in [0, 0.1) is 11.3 Å². The number of nitriles is 1. The number of hydrogen-bond donors (Lipinski definition) is 3. The number of anilines is 1. The van der Waals surface area contributed by atoms with Crippen LogP contribution in [0.3, 0.4) is 0 Å². The summed E-state index contributed by atoms with van der Waals surface area (Å²) in [5, 5.41) is 8.93. The molecule has 0 aliphatic carbocycles. The first-order valence-electron chi connectivity index (χ1n) is 5.94. The molecule has 0 atom stereocenters. The molecule has 7 nitrogen and oxygen atoms in total. The molecule has 1 amide bonds. The smallest absolute Gasteiger partial charge is 0.241 e. The zero-order valence-corrected chi connectivity index (χ0v) is 11.6. The fourth-order valence-corrected chi connectivity index (χ4v) is 2.79. The maximum Gasteiger partial charge on any atom is 0.241 e. The number of rotatable bonds is 7. The molecule has 0 saturated heterocycles. The van der Waals surface area contributed by atoms with E-state index in [1.165, 1.54) is 18.2 Å². The van der Waals surface area contributed by atoms with E-state index in [1.54, 1.807) is 6.07 Å². The van der Waals surface area contributed by atoms with Gasteiger partial charge in [-0.2, -0.15) is 5.26 Å². The number of benzene rings is 1. The summed E-state index contributed by atoms with van der Waals surface area (Å²) >= 11 is 0. The van der Waals surface area contributed by atoms with Crippen LogP contribution in [0.1, 0.15) is 24.8 Å². The van der Waals surface area contributed by atoms with Crippen molar-refractivity contribution in [3.63, 3.8) is 0 Å². The summed E-state index contributed by atoms with van der Waals surface area (Å²) < 4.78 is 26.4. The van der Waals surface area contributed by atoms with E-state index < -0.39 is 15.9 Å². The molecule has 0 heterocycles. The van der Waals surface area contributed by atoms with Gasteiger partial charge in [0.2, 0.25) is 15.9 Å². The molecule has 0 spiro atoms. The molecule has 0 aliphatic heterocycles. The van der Waals surface area contributed by atoms with Crippen LogP contribution in [0.2, 0.25) is 0 Å². The highest BCUT2D eigenvalue weighted by atomic mass is 32.2. The number of nitrogens with one attached hydrogen (secondary N) is 1. The van der Waals surface area contributed by atoms with Gasteiger partial charge in [0.1, 0.15) is 6.07 Å². The van der Waals surface area contributed by atoms with E-state index in [0.717, 1.165) is 0 Å². The third kappa shape index (κ3) is 4.53. The van der Waals surface area contributed by atoms with Crippen LogP contribution >= 0.6 is 0 Å². The number of nitrogens with two attached hydrogens (primary N) is 2. The third-order valence-corrected chi connectivity index (χ3v) is 4.07. The molecule has 0 unspecified atom stereocenters. The Morgan fingerprint density at radius 3 is 2.65 bits per heavy atom. The number of amides is 1. The van der Waals surface area contributed by atoms with Crippen molar-refractivity contribution in [1.29, 1.82) is 5.26 Å². The molecule has 20 heavy (non-hydrogen) atoms. The van der Waals surface area contributed by atoms with Gasteiger partial charge >= 0.3 is 0 Å². The van der Waals surface area contributed by atoms with E-state index in [-0.39, 0.29) is 23.4 Å². The van der Waals surface area contributed by atoms with Crippen LogP contribution in [0.15, 0.2) is 23.1 Å². The summed E-state index contributed by atoms with van der Waals surface area (Å²) in [6.07, 6.45) is 1.21. The topological polar surface area (TPSA) is 139 Å². The molecule has 0 saturated carbocycles. The van der Waals surface area contributed by atoms with Crippen molar-refractivity contribution in [2.24, 2.45) is 5.73 Å². The molecule has 0 bridgehead atoms. The van der Waals surface area contributed by atoms with E-state index in [4.69, 9.17) is 16.7 Å². The van der Waals surface area contributed by atoms with Gasteiger partial charge < -0.3 is 11.5 Å². The van der Waals surface area contributed by atoms with Crippen LogP contribution in [-0.4, -0.2) is 20.9 Å². The fourth-order valence-electron chi connectivity index (χ4n) is 1.58. The number of carbonyl (C=O) groups excluding carboxylic acids is 1. The Hall–Kier alpha value is -2.11. The summed E-state index contributed by atoms with van der Waals surface area (Å²) in [6.45, 7) is 0.171. The Bertz CT molecular complexity index is 635. The van der Waals surface area contributed by atoms with Crippen LogP contribution < -0.4 is 16.2 Å². The van der Waals surface area contributed by atoms with Crippen LogP contribution in [0.5, 0.6) is 0 Å². The monoisotopic (exact) mass is 296 g/mol. The van der Waals surface area contributed by atoms with Crippen molar-refractivity contribution in [1.82, 2.24) is 4.72 Å². The average Bonchev–Trinajstić information content (AvgIpc) is 2.37. The Labute approximate surface area is 117 Å². The van der Waals surface area contributed by atoms with Crippen molar-refractivity contribution in [2.45, 2.75) is 24.2 Å². The van der Waals surface area contributed by atoms with Gasteiger partial charge in [-0.05, 0) is 31.0 Å². The van der Waals surface area contributed by atoms with Crippen LogP contribution in [0.25, 0.3) is 0 Å². The maximum atomic E-state index is 12.0. The van der Waals surface area contributed by atoms with E-state index in [9.17, 15) is 13.2 Å². The SMILES string of the molecule is N#Cc1cc(N)ccc1S(=O)(=O)NCCCCC(N)=O. The second kappa shape index (κ2) is 6.88. The second-order valence-corrected chi connectivity index (χ2v) is 5.92. The first-order valence-corrected chi connectivity index (χ1v) is 7.42. The quantitative estimate of drug-likeness (QED) is 0.482. The van der Waals surface area contributed by atoms with Gasteiger partial charge in [0, 0.05) is 18.7 Å². The number of nitrogens with zero attached hydrogens (tertiary/aromatic N) is 1. The fraction of sp³-hybridized carbons (Fsp3) is 0.333. The van der Waals surface area contributed by atoms with Gasteiger partial charge in [-0.15, -0.1) is 0 Å². The van der Waals surface area contributed by atoms with Crippen molar-refractivity contribution < 1.29 is 13.2 Å². The van der Waals surface area contributed by atoms with Crippen molar-refractivity contribution in [3.05, 3.63) is 23.8 Å². The number of hydrogen-bond acceptors (Lipinski definition) is 5. The lowest BCUT2D eigenvalue weighted by Crippen LogP contribution is -2.25. The molecule has 0 aromatic heterocycles. The Balaban J connectivity index is 2.70. The molecule has 1 rings (SSSR count). The minimum Gasteiger partial charge on any atom is -0.399 e. The first-order chi connectivity index (χ1) is 9.36. The van der Waals surface area contributed by atoms with E-state index in [1.807, 2.05) is 0 Å². The lowest BCUT2D eigenvalue weighted by molar-refractivity contribution is -0.118. The third-order valence-electron chi connectivity index (χ3n) is 2.56. The summed E-state index contributed by atoms with van der Waals surface area (Å²) in [6, 6.07) is 5.82. The number of unbranched alkanes of at least 4 members (excludes halogenated alkanes) is 1. The highest BCUT2D eigenvalue weighted by Gasteiger charge is 2.18. The molecule has 8 heteroatoms. The van der Waals surface area contributed by atoms with Gasteiger partial charge in [-0.3, -0.25) is 4.79 Å². The molecule has 0 radical (unpaired) electrons. The van der Waals surface area contributed by atoms with Gasteiger partial charge in [0.15, 0.2) is 0 Å². The molecule has 1 aromatic rings. The Morgan fingerprint density at radius 1 is 1.35 bits per heavy atom. The molecule has 0 fully saturated rings. The zero-order valence-electron chi connectivity index (χ0n) is 10.8. The van der Waals surface area contributed by atoms with Crippen molar-refractivity contribution in [2.75, 3.05) is 12.3 Å². The largest absolute Gasteiger partial charge is 0.399 e.